The van der Waals surface area contributed by atoms with Crippen molar-refractivity contribution < 1.29 is 0 Å². The fraction of sp³-hybridized carbons (Fsp3) is 1.00. The van der Waals surface area contributed by atoms with Gasteiger partial charge in [-0.05, 0) is 55.5 Å². The van der Waals surface area contributed by atoms with Gasteiger partial charge < -0.3 is 5.32 Å². The Labute approximate surface area is 96.0 Å². The summed E-state index contributed by atoms with van der Waals surface area (Å²) in [6.45, 7) is 14.2. The Balaban J connectivity index is 2.41. The summed E-state index contributed by atoms with van der Waals surface area (Å²) in [4.78, 5) is 0. The quantitative estimate of drug-likeness (QED) is 0.750. The van der Waals surface area contributed by atoms with Crippen LogP contribution in [-0.2, 0) is 0 Å². The van der Waals surface area contributed by atoms with Gasteiger partial charge in [0.1, 0.15) is 0 Å². The second-order valence-electron chi connectivity index (χ2n) is 6.42. The molecule has 1 saturated carbocycles. The van der Waals surface area contributed by atoms with E-state index < -0.39 is 0 Å². The molecule has 0 aromatic heterocycles. The largest absolute Gasteiger partial charge is 0.317 e. The van der Waals surface area contributed by atoms with Gasteiger partial charge >= 0.3 is 0 Å². The molecule has 90 valence electrons. The maximum Gasteiger partial charge on any atom is -0.00181 e. The number of hydrogen-bond donors (Lipinski definition) is 1. The van der Waals surface area contributed by atoms with Crippen molar-refractivity contribution >= 4 is 0 Å². The Morgan fingerprint density at radius 3 is 2.33 bits per heavy atom. The Morgan fingerprint density at radius 2 is 1.87 bits per heavy atom. The SMILES string of the molecule is CCNCC1CCC(C(C)(C)C)CC1C. The van der Waals surface area contributed by atoms with Crippen molar-refractivity contribution in [3.63, 3.8) is 0 Å². The van der Waals surface area contributed by atoms with Crippen LogP contribution in [-0.4, -0.2) is 13.1 Å². The third-order valence-electron chi connectivity index (χ3n) is 4.23. The maximum atomic E-state index is 3.50. The summed E-state index contributed by atoms with van der Waals surface area (Å²) in [7, 11) is 0. The third kappa shape index (κ3) is 3.79. The molecular weight excluding hydrogens is 182 g/mol. The Hall–Kier alpha value is -0.0400. The minimum atomic E-state index is 0.511. The molecule has 1 rings (SSSR count). The summed E-state index contributed by atoms with van der Waals surface area (Å²) < 4.78 is 0. The summed E-state index contributed by atoms with van der Waals surface area (Å²) in [5.41, 5.74) is 0.511. The van der Waals surface area contributed by atoms with Gasteiger partial charge in [0, 0.05) is 0 Å². The zero-order valence-corrected chi connectivity index (χ0v) is 11.3. The molecule has 0 aromatic rings. The van der Waals surface area contributed by atoms with Gasteiger partial charge in [0.25, 0.3) is 0 Å². The van der Waals surface area contributed by atoms with Crippen LogP contribution in [0.3, 0.4) is 0 Å². The van der Waals surface area contributed by atoms with Crippen LogP contribution in [0.2, 0.25) is 0 Å². The molecule has 1 aliphatic carbocycles. The van der Waals surface area contributed by atoms with Crippen molar-refractivity contribution in [2.24, 2.45) is 23.2 Å². The second kappa shape index (κ2) is 5.34. The average molecular weight is 211 g/mol. The number of nitrogens with one attached hydrogen (secondary N) is 1. The van der Waals surface area contributed by atoms with Gasteiger partial charge in [0.15, 0.2) is 0 Å². The number of rotatable bonds is 3. The van der Waals surface area contributed by atoms with E-state index in [0.29, 0.717) is 5.41 Å². The highest BCUT2D eigenvalue weighted by molar-refractivity contribution is 4.84. The average Bonchev–Trinajstić information content (AvgIpc) is 2.14. The normalized spacial score (nSPS) is 33.0. The zero-order valence-electron chi connectivity index (χ0n) is 11.3. The standard InChI is InChI=1S/C14H29N/c1-6-15-10-12-7-8-13(9-11(12)2)14(3,4)5/h11-13,15H,6-10H2,1-5H3. The molecule has 1 nitrogen and oxygen atoms in total. The molecule has 0 aliphatic heterocycles. The maximum absolute atomic E-state index is 3.50. The van der Waals surface area contributed by atoms with Crippen LogP contribution in [0.4, 0.5) is 0 Å². The predicted molar refractivity (Wildman–Crippen MR) is 68.0 cm³/mol. The van der Waals surface area contributed by atoms with E-state index >= 15 is 0 Å². The van der Waals surface area contributed by atoms with Crippen LogP contribution >= 0.6 is 0 Å². The molecule has 0 spiro atoms. The minimum Gasteiger partial charge on any atom is -0.317 e. The molecule has 0 saturated heterocycles. The lowest BCUT2D eigenvalue weighted by atomic mass is 9.66. The van der Waals surface area contributed by atoms with E-state index in [-0.39, 0.29) is 0 Å². The molecule has 0 radical (unpaired) electrons. The highest BCUT2D eigenvalue weighted by Gasteiger charge is 2.33. The Kier molecular flexibility index (Phi) is 4.64. The van der Waals surface area contributed by atoms with E-state index in [0.717, 1.165) is 24.3 Å². The van der Waals surface area contributed by atoms with E-state index in [1.54, 1.807) is 0 Å². The molecule has 1 fully saturated rings. The van der Waals surface area contributed by atoms with E-state index in [2.05, 4.69) is 39.9 Å². The third-order valence-corrected chi connectivity index (χ3v) is 4.23. The summed E-state index contributed by atoms with van der Waals surface area (Å²) in [6, 6.07) is 0. The fourth-order valence-corrected chi connectivity index (χ4v) is 2.88. The molecule has 1 aliphatic rings. The van der Waals surface area contributed by atoms with Crippen LogP contribution in [0, 0.1) is 23.2 Å². The first kappa shape index (κ1) is 13.0. The minimum absolute atomic E-state index is 0.511. The molecule has 15 heavy (non-hydrogen) atoms. The van der Waals surface area contributed by atoms with Crippen molar-refractivity contribution in [3.8, 4) is 0 Å². The molecule has 3 unspecified atom stereocenters. The van der Waals surface area contributed by atoms with Crippen molar-refractivity contribution in [2.45, 2.75) is 53.9 Å². The fourth-order valence-electron chi connectivity index (χ4n) is 2.88. The van der Waals surface area contributed by atoms with E-state index in [9.17, 15) is 0 Å². The van der Waals surface area contributed by atoms with Gasteiger partial charge in [0.2, 0.25) is 0 Å². The molecular formula is C14H29N. The van der Waals surface area contributed by atoms with Gasteiger partial charge in [-0.25, -0.2) is 0 Å². The summed E-state index contributed by atoms with van der Waals surface area (Å²) in [5.74, 6) is 2.76. The molecule has 3 atom stereocenters. The molecule has 1 heteroatoms. The Bertz CT molecular complexity index is 180. The van der Waals surface area contributed by atoms with Crippen molar-refractivity contribution in [1.29, 1.82) is 0 Å². The first-order chi connectivity index (χ1) is 6.95. The molecule has 1 N–H and O–H groups in total. The topological polar surface area (TPSA) is 12.0 Å². The van der Waals surface area contributed by atoms with E-state index in [1.165, 1.54) is 25.8 Å². The van der Waals surface area contributed by atoms with Gasteiger partial charge in [-0.2, -0.15) is 0 Å². The monoisotopic (exact) mass is 211 g/mol. The van der Waals surface area contributed by atoms with Crippen LogP contribution in [0.5, 0.6) is 0 Å². The van der Waals surface area contributed by atoms with E-state index in [4.69, 9.17) is 0 Å². The number of hydrogen-bond acceptors (Lipinski definition) is 1. The highest BCUT2D eigenvalue weighted by Crippen LogP contribution is 2.42. The lowest BCUT2D eigenvalue weighted by molar-refractivity contribution is 0.106. The predicted octanol–water partition coefficient (Wildman–Crippen LogP) is 3.69. The van der Waals surface area contributed by atoms with Gasteiger partial charge in [-0.15, -0.1) is 0 Å². The van der Waals surface area contributed by atoms with E-state index in [1.807, 2.05) is 0 Å². The summed E-state index contributed by atoms with van der Waals surface area (Å²) in [5, 5.41) is 3.50. The zero-order chi connectivity index (χ0) is 11.5. The highest BCUT2D eigenvalue weighted by atomic mass is 14.8. The lowest BCUT2D eigenvalue weighted by Gasteiger charge is -2.40. The molecule has 0 aromatic carbocycles. The van der Waals surface area contributed by atoms with Crippen LogP contribution in [0.15, 0.2) is 0 Å². The van der Waals surface area contributed by atoms with Crippen molar-refractivity contribution in [3.05, 3.63) is 0 Å². The smallest absolute Gasteiger partial charge is 0.00181 e. The van der Waals surface area contributed by atoms with Crippen LogP contribution in [0.25, 0.3) is 0 Å². The summed E-state index contributed by atoms with van der Waals surface area (Å²) >= 11 is 0. The molecule has 0 heterocycles. The van der Waals surface area contributed by atoms with Crippen molar-refractivity contribution in [1.82, 2.24) is 5.32 Å². The van der Waals surface area contributed by atoms with Crippen molar-refractivity contribution in [2.75, 3.05) is 13.1 Å². The first-order valence-electron chi connectivity index (χ1n) is 6.65. The first-order valence-corrected chi connectivity index (χ1v) is 6.65. The summed E-state index contributed by atoms with van der Waals surface area (Å²) in [6.07, 6.45) is 4.29. The van der Waals surface area contributed by atoms with Gasteiger partial charge in [-0.3, -0.25) is 0 Å². The Morgan fingerprint density at radius 1 is 1.20 bits per heavy atom. The van der Waals surface area contributed by atoms with Crippen LogP contribution in [0.1, 0.15) is 53.9 Å². The molecule has 0 bridgehead atoms. The molecule has 0 amide bonds. The van der Waals surface area contributed by atoms with Gasteiger partial charge in [0.05, 0.1) is 0 Å². The lowest BCUT2D eigenvalue weighted by Crippen LogP contribution is -2.35. The van der Waals surface area contributed by atoms with Gasteiger partial charge in [-0.1, -0.05) is 34.6 Å². The van der Waals surface area contributed by atoms with Crippen LogP contribution < -0.4 is 5.32 Å². The second-order valence-corrected chi connectivity index (χ2v) is 6.42.